The van der Waals surface area contributed by atoms with E-state index in [0.717, 1.165) is 6.07 Å². The van der Waals surface area contributed by atoms with Crippen LogP contribution in [0.3, 0.4) is 0 Å². The number of benzene rings is 2. The van der Waals surface area contributed by atoms with Gasteiger partial charge in [-0.1, -0.05) is 28.1 Å². The van der Waals surface area contributed by atoms with Gasteiger partial charge in [0.15, 0.2) is 6.29 Å². The number of hydrogen-bond donors (Lipinski definition) is 0. The molecule has 0 heterocycles. The van der Waals surface area contributed by atoms with Crippen LogP contribution in [0, 0.1) is 0 Å². The van der Waals surface area contributed by atoms with Crippen LogP contribution in [0.1, 0.15) is 15.9 Å². The first-order chi connectivity index (χ1) is 9.41. The first kappa shape index (κ1) is 14.6. The number of halogens is 4. The fourth-order valence-electron chi connectivity index (χ4n) is 1.60. The minimum absolute atomic E-state index is 0.0790. The lowest BCUT2D eigenvalue weighted by molar-refractivity contribution is -0.138. The number of aldehydes is 1. The lowest BCUT2D eigenvalue weighted by Crippen LogP contribution is -2.07. The Morgan fingerprint density at radius 1 is 1.05 bits per heavy atom. The normalized spacial score (nSPS) is 11.2. The van der Waals surface area contributed by atoms with Gasteiger partial charge in [0.25, 0.3) is 0 Å². The number of carbonyl (C=O) groups excluding carboxylic acids is 1. The van der Waals surface area contributed by atoms with Gasteiger partial charge in [-0.3, -0.25) is 4.79 Å². The van der Waals surface area contributed by atoms with Gasteiger partial charge in [0.2, 0.25) is 0 Å². The zero-order chi connectivity index (χ0) is 14.8. The molecule has 2 aromatic carbocycles. The van der Waals surface area contributed by atoms with Crippen LogP contribution < -0.4 is 4.74 Å². The molecule has 104 valence electrons. The molecule has 0 amide bonds. The number of carbonyl (C=O) groups is 1. The third-order valence-corrected chi connectivity index (χ3v) is 3.01. The van der Waals surface area contributed by atoms with Crippen LogP contribution in [0.2, 0.25) is 0 Å². The summed E-state index contributed by atoms with van der Waals surface area (Å²) in [6.07, 6.45) is -4.02. The Bertz CT molecular complexity index is 639. The van der Waals surface area contributed by atoms with Crippen molar-refractivity contribution < 1.29 is 22.7 Å². The van der Waals surface area contributed by atoms with E-state index in [9.17, 15) is 18.0 Å². The molecule has 0 N–H and O–H groups in total. The summed E-state index contributed by atoms with van der Waals surface area (Å²) in [7, 11) is 0. The van der Waals surface area contributed by atoms with Gasteiger partial charge in [-0.15, -0.1) is 0 Å². The van der Waals surface area contributed by atoms with Gasteiger partial charge >= 0.3 is 6.18 Å². The van der Waals surface area contributed by atoms with Crippen LogP contribution in [0.5, 0.6) is 11.5 Å². The SMILES string of the molecule is O=Cc1ccccc1Oc1ccc(Br)cc1C(F)(F)F. The number of alkyl halides is 3. The second-order valence-corrected chi connectivity index (χ2v) is 4.81. The Labute approximate surface area is 121 Å². The molecular formula is C14H8BrF3O2. The molecule has 0 bridgehead atoms. The van der Waals surface area contributed by atoms with E-state index in [1.54, 1.807) is 12.1 Å². The molecule has 0 fully saturated rings. The molecule has 0 aliphatic heterocycles. The van der Waals surface area contributed by atoms with Gasteiger partial charge in [-0.2, -0.15) is 13.2 Å². The zero-order valence-corrected chi connectivity index (χ0v) is 11.5. The smallest absolute Gasteiger partial charge is 0.420 e. The van der Waals surface area contributed by atoms with Crippen molar-refractivity contribution in [3.63, 3.8) is 0 Å². The van der Waals surface area contributed by atoms with Crippen LogP contribution >= 0.6 is 15.9 Å². The molecule has 0 aliphatic carbocycles. The van der Waals surface area contributed by atoms with E-state index < -0.39 is 11.7 Å². The summed E-state index contributed by atoms with van der Waals surface area (Å²) < 4.78 is 44.4. The maximum absolute atomic E-state index is 12.9. The minimum atomic E-state index is -4.55. The van der Waals surface area contributed by atoms with Crippen molar-refractivity contribution in [2.24, 2.45) is 0 Å². The second-order valence-electron chi connectivity index (χ2n) is 3.90. The summed E-state index contributed by atoms with van der Waals surface area (Å²) in [6, 6.07) is 9.65. The molecular weight excluding hydrogens is 337 g/mol. The predicted octanol–water partition coefficient (Wildman–Crippen LogP) is 5.07. The first-order valence-corrected chi connectivity index (χ1v) is 6.30. The Morgan fingerprint density at radius 2 is 1.75 bits per heavy atom. The van der Waals surface area contributed by atoms with Gasteiger partial charge < -0.3 is 4.74 Å². The molecule has 0 saturated heterocycles. The van der Waals surface area contributed by atoms with Crippen LogP contribution in [-0.4, -0.2) is 6.29 Å². The Balaban J connectivity index is 2.46. The lowest BCUT2D eigenvalue weighted by Gasteiger charge is -2.14. The average molecular weight is 345 g/mol. The van der Waals surface area contributed by atoms with Crippen LogP contribution in [0.25, 0.3) is 0 Å². The molecule has 0 aromatic heterocycles. The van der Waals surface area contributed by atoms with Crippen LogP contribution in [-0.2, 0) is 6.18 Å². The highest BCUT2D eigenvalue weighted by atomic mass is 79.9. The topological polar surface area (TPSA) is 26.3 Å². The standard InChI is InChI=1S/C14H8BrF3O2/c15-10-5-6-13(11(7-10)14(16,17)18)20-12-4-2-1-3-9(12)8-19/h1-8H. The highest BCUT2D eigenvalue weighted by molar-refractivity contribution is 9.10. The summed E-state index contributed by atoms with van der Waals surface area (Å²) >= 11 is 2.99. The molecule has 2 rings (SSSR count). The number of ether oxygens (including phenoxy) is 1. The van der Waals surface area contributed by atoms with E-state index in [4.69, 9.17) is 4.74 Å². The van der Waals surface area contributed by atoms with E-state index in [1.807, 2.05) is 0 Å². The minimum Gasteiger partial charge on any atom is -0.456 e. The van der Waals surface area contributed by atoms with Gasteiger partial charge in [0.1, 0.15) is 11.5 Å². The van der Waals surface area contributed by atoms with Crippen molar-refractivity contribution in [2.75, 3.05) is 0 Å². The van der Waals surface area contributed by atoms with Crippen molar-refractivity contribution in [1.29, 1.82) is 0 Å². The second kappa shape index (κ2) is 5.66. The van der Waals surface area contributed by atoms with Crippen molar-refractivity contribution in [3.8, 4) is 11.5 Å². The van der Waals surface area contributed by atoms with Crippen LogP contribution in [0.4, 0.5) is 13.2 Å². The van der Waals surface area contributed by atoms with Crippen molar-refractivity contribution in [2.45, 2.75) is 6.18 Å². The van der Waals surface area contributed by atoms with E-state index in [1.165, 1.54) is 24.3 Å². The third kappa shape index (κ3) is 3.19. The summed E-state index contributed by atoms with van der Waals surface area (Å²) in [6.45, 7) is 0. The molecule has 2 aromatic rings. The molecule has 0 aliphatic rings. The first-order valence-electron chi connectivity index (χ1n) is 5.50. The van der Waals surface area contributed by atoms with E-state index >= 15 is 0 Å². The quantitative estimate of drug-likeness (QED) is 0.726. The van der Waals surface area contributed by atoms with Gasteiger partial charge in [-0.25, -0.2) is 0 Å². The largest absolute Gasteiger partial charge is 0.456 e. The Hall–Kier alpha value is -1.82. The van der Waals surface area contributed by atoms with Crippen LogP contribution in [0.15, 0.2) is 46.9 Å². The molecule has 0 spiro atoms. The summed E-state index contributed by atoms with van der Waals surface area (Å²) in [4.78, 5) is 10.8. The van der Waals surface area contributed by atoms with Crippen molar-refractivity contribution in [1.82, 2.24) is 0 Å². The zero-order valence-electron chi connectivity index (χ0n) is 9.95. The van der Waals surface area contributed by atoms with E-state index in [0.29, 0.717) is 10.8 Å². The highest BCUT2D eigenvalue weighted by Crippen LogP contribution is 2.39. The summed E-state index contributed by atoms with van der Waals surface area (Å²) in [5.41, 5.74) is -0.726. The van der Waals surface area contributed by atoms with E-state index in [-0.39, 0.29) is 17.1 Å². The molecule has 0 atom stereocenters. The number of hydrogen-bond acceptors (Lipinski definition) is 2. The Morgan fingerprint density at radius 3 is 2.40 bits per heavy atom. The molecule has 2 nitrogen and oxygen atoms in total. The molecule has 0 unspecified atom stereocenters. The van der Waals surface area contributed by atoms with Gasteiger partial charge in [0, 0.05) is 4.47 Å². The number of para-hydroxylation sites is 1. The maximum atomic E-state index is 12.9. The third-order valence-electron chi connectivity index (χ3n) is 2.51. The lowest BCUT2D eigenvalue weighted by atomic mass is 10.2. The fourth-order valence-corrected chi connectivity index (χ4v) is 1.96. The fraction of sp³-hybridized carbons (Fsp3) is 0.0714. The Kier molecular flexibility index (Phi) is 4.13. The monoisotopic (exact) mass is 344 g/mol. The molecule has 6 heteroatoms. The predicted molar refractivity (Wildman–Crippen MR) is 71.0 cm³/mol. The molecule has 20 heavy (non-hydrogen) atoms. The summed E-state index contributed by atoms with van der Waals surface area (Å²) in [5, 5.41) is 0. The molecule has 0 saturated carbocycles. The molecule has 0 radical (unpaired) electrons. The highest BCUT2D eigenvalue weighted by Gasteiger charge is 2.34. The van der Waals surface area contributed by atoms with Gasteiger partial charge in [-0.05, 0) is 30.3 Å². The van der Waals surface area contributed by atoms with Gasteiger partial charge in [0.05, 0.1) is 11.1 Å². The van der Waals surface area contributed by atoms with Crippen molar-refractivity contribution >= 4 is 22.2 Å². The van der Waals surface area contributed by atoms with Crippen molar-refractivity contribution in [3.05, 3.63) is 58.1 Å². The average Bonchev–Trinajstić information content (AvgIpc) is 2.40. The number of rotatable bonds is 3. The summed E-state index contributed by atoms with van der Waals surface area (Å²) in [5.74, 6) is -0.273. The maximum Gasteiger partial charge on any atom is 0.420 e. The van der Waals surface area contributed by atoms with E-state index in [2.05, 4.69) is 15.9 Å².